The second-order valence-electron chi connectivity index (χ2n) is 9.16. The van der Waals surface area contributed by atoms with Crippen molar-refractivity contribution in [2.24, 2.45) is 0 Å². The molecular formula is C21H36N2O11. The normalized spacial score (nSPS) is 47.8. The lowest BCUT2D eigenvalue weighted by Gasteiger charge is -2.45. The first-order chi connectivity index (χ1) is 16.0. The van der Waals surface area contributed by atoms with Gasteiger partial charge >= 0.3 is 0 Å². The van der Waals surface area contributed by atoms with Crippen molar-refractivity contribution in [3.05, 3.63) is 23.3 Å². The molecule has 13 nitrogen and oxygen atoms in total. The van der Waals surface area contributed by atoms with Gasteiger partial charge in [0.1, 0.15) is 36.6 Å². The topological polar surface area (TPSA) is 236 Å². The van der Waals surface area contributed by atoms with Crippen LogP contribution in [0.15, 0.2) is 23.3 Å². The van der Waals surface area contributed by atoms with Crippen LogP contribution in [-0.2, 0) is 4.74 Å². The molecule has 1 aliphatic heterocycles. The van der Waals surface area contributed by atoms with E-state index in [4.69, 9.17) is 4.74 Å². The molecule has 196 valence electrons. The van der Waals surface area contributed by atoms with Crippen LogP contribution in [0.2, 0.25) is 0 Å². The van der Waals surface area contributed by atoms with Crippen LogP contribution < -0.4 is 10.6 Å². The summed E-state index contributed by atoms with van der Waals surface area (Å²) in [5.41, 5.74) is 0.207. The Balaban J connectivity index is 1.72. The Hall–Kier alpha value is -1.04. The van der Waals surface area contributed by atoms with Gasteiger partial charge in [-0.05, 0) is 18.1 Å². The summed E-state index contributed by atoms with van der Waals surface area (Å²) in [7, 11) is 0. The first-order valence-corrected chi connectivity index (χ1v) is 11.2. The number of rotatable bonds is 7. The van der Waals surface area contributed by atoms with E-state index in [0.717, 1.165) is 0 Å². The van der Waals surface area contributed by atoms with E-state index in [2.05, 4.69) is 10.6 Å². The fourth-order valence-electron chi connectivity index (χ4n) is 4.71. The zero-order chi connectivity index (χ0) is 25.3. The molecule has 0 saturated carbocycles. The molecule has 0 amide bonds. The highest BCUT2D eigenvalue weighted by Gasteiger charge is 2.46. The van der Waals surface area contributed by atoms with Gasteiger partial charge in [0.15, 0.2) is 0 Å². The molecule has 0 spiro atoms. The average molecular weight is 493 g/mol. The van der Waals surface area contributed by atoms with Gasteiger partial charge in [0.2, 0.25) is 0 Å². The van der Waals surface area contributed by atoms with Crippen LogP contribution in [-0.4, -0.2) is 150 Å². The van der Waals surface area contributed by atoms with Crippen molar-refractivity contribution in [1.29, 1.82) is 0 Å². The number of nitrogens with one attached hydrogen (secondary N) is 2. The number of ether oxygens (including phenoxy) is 1. The minimum Gasteiger partial charge on any atom is -0.392 e. The zero-order valence-electron chi connectivity index (χ0n) is 18.7. The van der Waals surface area contributed by atoms with Crippen LogP contribution in [0.25, 0.3) is 0 Å². The molecule has 6 unspecified atom stereocenters. The summed E-state index contributed by atoms with van der Waals surface area (Å²) >= 11 is 0. The number of aliphatic hydroxyl groups is 10. The number of hydrogen-bond donors (Lipinski definition) is 12. The molecule has 1 saturated heterocycles. The zero-order valence-corrected chi connectivity index (χ0v) is 18.7. The maximum absolute atomic E-state index is 10.9. The Morgan fingerprint density at radius 1 is 0.706 bits per heavy atom. The van der Waals surface area contributed by atoms with Gasteiger partial charge in [0, 0.05) is 6.54 Å². The highest BCUT2D eigenvalue weighted by atomic mass is 16.5. The van der Waals surface area contributed by atoms with Crippen LogP contribution in [0.5, 0.6) is 0 Å². The Morgan fingerprint density at radius 3 is 1.74 bits per heavy atom. The van der Waals surface area contributed by atoms with Gasteiger partial charge in [-0.3, -0.25) is 0 Å². The third kappa shape index (κ3) is 5.37. The number of hydrogen-bond acceptors (Lipinski definition) is 13. The Morgan fingerprint density at radius 2 is 1.21 bits per heavy atom. The van der Waals surface area contributed by atoms with Crippen molar-refractivity contribution in [2.45, 2.75) is 86.1 Å². The predicted octanol–water partition coefficient (Wildman–Crippen LogP) is -6.19. The third-order valence-electron chi connectivity index (χ3n) is 6.92. The minimum atomic E-state index is -1.59. The summed E-state index contributed by atoms with van der Waals surface area (Å²) in [6.45, 7) is 0.442. The van der Waals surface area contributed by atoms with E-state index in [-0.39, 0.29) is 17.7 Å². The smallest absolute Gasteiger partial charge is 0.111 e. The number of aliphatic hydroxyl groups excluding tert-OH is 10. The van der Waals surface area contributed by atoms with Crippen molar-refractivity contribution in [3.63, 3.8) is 0 Å². The molecular weight excluding hydrogens is 456 g/mol. The first kappa shape index (κ1) is 27.5. The van der Waals surface area contributed by atoms with E-state index >= 15 is 0 Å². The summed E-state index contributed by atoms with van der Waals surface area (Å²) in [6.07, 6.45) is -10.4. The predicted molar refractivity (Wildman–Crippen MR) is 115 cm³/mol. The molecule has 3 rings (SSSR count). The van der Waals surface area contributed by atoms with Gasteiger partial charge in [-0.2, -0.15) is 0 Å². The molecule has 0 bridgehead atoms. The summed E-state index contributed by atoms with van der Waals surface area (Å²) in [6, 6.07) is -2.90. The van der Waals surface area contributed by atoms with E-state index in [9.17, 15) is 51.1 Å². The molecule has 1 heterocycles. The lowest BCUT2D eigenvalue weighted by atomic mass is 9.85. The SMILES string of the molecule is CC1O[C@H](CNC2C=C(CO)C(O)[C@H](O)[C@@H]2O)C(O)[C@H](NC2C=C(CO)C(O)[C@H](O)[C@@H]2O)[C@@H]1O. The van der Waals surface area contributed by atoms with Crippen LogP contribution in [0.3, 0.4) is 0 Å². The summed E-state index contributed by atoms with van der Waals surface area (Å²) in [4.78, 5) is 0. The Kier molecular flexibility index (Phi) is 9.19. The van der Waals surface area contributed by atoms with Crippen molar-refractivity contribution in [3.8, 4) is 0 Å². The average Bonchev–Trinajstić information content (AvgIpc) is 2.82. The first-order valence-electron chi connectivity index (χ1n) is 11.2. The fourth-order valence-corrected chi connectivity index (χ4v) is 4.71. The van der Waals surface area contributed by atoms with Crippen molar-refractivity contribution >= 4 is 0 Å². The Labute approximate surface area is 196 Å². The fraction of sp³-hybridized carbons (Fsp3) is 0.810. The summed E-state index contributed by atoms with van der Waals surface area (Å²) in [5, 5.41) is 107. The summed E-state index contributed by atoms with van der Waals surface area (Å²) < 4.78 is 5.69. The van der Waals surface area contributed by atoms with Crippen molar-refractivity contribution < 1.29 is 55.8 Å². The lowest BCUT2D eigenvalue weighted by Crippen LogP contribution is -2.68. The van der Waals surface area contributed by atoms with Crippen LogP contribution in [0, 0.1) is 0 Å². The van der Waals surface area contributed by atoms with Gasteiger partial charge in [0.05, 0.1) is 55.8 Å². The molecule has 0 aromatic rings. The van der Waals surface area contributed by atoms with Crippen molar-refractivity contribution in [2.75, 3.05) is 19.8 Å². The van der Waals surface area contributed by atoms with Gasteiger partial charge in [-0.1, -0.05) is 12.2 Å². The van der Waals surface area contributed by atoms with Gasteiger partial charge in [-0.25, -0.2) is 0 Å². The van der Waals surface area contributed by atoms with Gasteiger partial charge < -0.3 is 66.4 Å². The van der Waals surface area contributed by atoms with E-state index in [1.165, 1.54) is 12.2 Å². The van der Waals surface area contributed by atoms with Crippen LogP contribution in [0.4, 0.5) is 0 Å². The van der Waals surface area contributed by atoms with E-state index in [1.807, 2.05) is 0 Å². The third-order valence-corrected chi connectivity index (χ3v) is 6.92. The van der Waals surface area contributed by atoms with E-state index in [0.29, 0.717) is 0 Å². The quantitative estimate of drug-likeness (QED) is 0.148. The highest BCUT2D eigenvalue weighted by molar-refractivity contribution is 5.23. The second-order valence-corrected chi connectivity index (χ2v) is 9.16. The lowest BCUT2D eigenvalue weighted by molar-refractivity contribution is -0.181. The molecule has 13 atom stereocenters. The van der Waals surface area contributed by atoms with Gasteiger partial charge in [-0.15, -0.1) is 0 Å². The monoisotopic (exact) mass is 492 g/mol. The molecule has 1 fully saturated rings. The van der Waals surface area contributed by atoms with E-state index < -0.39 is 92.4 Å². The van der Waals surface area contributed by atoms with Crippen molar-refractivity contribution in [1.82, 2.24) is 10.6 Å². The Bertz CT molecular complexity index is 752. The molecule has 0 aromatic carbocycles. The second kappa shape index (κ2) is 11.3. The molecule has 34 heavy (non-hydrogen) atoms. The van der Waals surface area contributed by atoms with E-state index in [1.54, 1.807) is 6.92 Å². The van der Waals surface area contributed by atoms with Crippen LogP contribution >= 0.6 is 0 Å². The standard InChI is InChI=1S/C21H36N2O11/c1-7-14(26)13(23-11-3-9(6-25)16(28)21(33)18(11)30)19(31)12(34-7)4-22-10-2-8(5-24)15(27)20(32)17(10)29/h2-3,7,10-33H,4-6H2,1H3/t7?,10?,11?,12-,13-,14-,15?,16?,17-,18-,19?,20+,21+/m1/s1. The molecule has 2 aliphatic carbocycles. The molecule has 3 aliphatic rings. The van der Waals surface area contributed by atoms with Crippen LogP contribution in [0.1, 0.15) is 6.92 Å². The largest absolute Gasteiger partial charge is 0.392 e. The molecule has 13 heteroatoms. The summed E-state index contributed by atoms with van der Waals surface area (Å²) in [5.74, 6) is 0. The minimum absolute atomic E-state index is 0.0531. The highest BCUT2D eigenvalue weighted by Crippen LogP contribution is 2.26. The molecule has 0 radical (unpaired) electrons. The maximum atomic E-state index is 10.9. The maximum Gasteiger partial charge on any atom is 0.111 e. The molecule has 12 N–H and O–H groups in total. The molecule has 0 aromatic heterocycles. The van der Waals surface area contributed by atoms with Gasteiger partial charge in [0.25, 0.3) is 0 Å².